The molecule has 0 rings (SSSR count). The molecular formula is C28H44N4O12. The predicted molar refractivity (Wildman–Crippen MR) is 154 cm³/mol. The van der Waals surface area contributed by atoms with E-state index in [1.54, 1.807) is 41.5 Å². The van der Waals surface area contributed by atoms with Gasteiger partial charge in [0.15, 0.2) is 0 Å². The molecule has 0 aliphatic heterocycles. The molecule has 0 aliphatic rings. The van der Waals surface area contributed by atoms with E-state index in [4.69, 9.17) is 9.47 Å². The van der Waals surface area contributed by atoms with Crippen molar-refractivity contribution in [2.75, 3.05) is 26.2 Å². The average molecular weight is 629 g/mol. The lowest BCUT2D eigenvalue weighted by Crippen LogP contribution is -2.45. The second kappa shape index (κ2) is 24.0. The molecule has 16 nitrogen and oxygen atoms in total. The van der Waals surface area contributed by atoms with Crippen molar-refractivity contribution in [2.45, 2.75) is 92.3 Å². The lowest BCUT2D eigenvalue weighted by molar-refractivity contribution is -0.150. The summed E-state index contributed by atoms with van der Waals surface area (Å²) in [5, 5.41) is 9.31. The number of hydrogen-bond acceptors (Lipinski definition) is 12. The van der Waals surface area contributed by atoms with E-state index < -0.39 is 70.9 Å². The number of nitrogens with one attached hydrogen (secondary N) is 4. The van der Waals surface area contributed by atoms with Crippen molar-refractivity contribution >= 4 is 58.7 Å². The van der Waals surface area contributed by atoms with E-state index in [1.165, 1.54) is 0 Å². The first-order valence-electron chi connectivity index (χ1n) is 14.3. The number of ether oxygens (including phenoxy) is 2. The summed E-state index contributed by atoms with van der Waals surface area (Å²) >= 11 is 0. The minimum absolute atomic E-state index is 0.0625. The van der Waals surface area contributed by atoms with Crippen LogP contribution in [0.1, 0.15) is 80.1 Å². The Morgan fingerprint density at radius 2 is 0.591 bits per heavy atom. The van der Waals surface area contributed by atoms with Gasteiger partial charge in [-0.1, -0.05) is 41.5 Å². The van der Waals surface area contributed by atoms with Crippen molar-refractivity contribution in [1.29, 1.82) is 0 Å². The fourth-order valence-electron chi connectivity index (χ4n) is 2.71. The summed E-state index contributed by atoms with van der Waals surface area (Å²) in [7, 11) is 0. The fourth-order valence-corrected chi connectivity index (χ4v) is 2.71. The molecule has 16 heteroatoms. The van der Waals surface area contributed by atoms with Gasteiger partial charge in [-0.2, -0.15) is 0 Å². The Hall–Kier alpha value is -4.50. The van der Waals surface area contributed by atoms with Crippen LogP contribution in [-0.4, -0.2) is 97.1 Å². The molecule has 0 radical (unpaired) electrons. The average Bonchev–Trinajstić information content (AvgIpc) is 3.04. The number of esters is 2. The highest BCUT2D eigenvalue weighted by Gasteiger charge is 2.21. The normalized spacial score (nSPS) is 10.0. The zero-order chi connectivity index (χ0) is 34.2. The van der Waals surface area contributed by atoms with Gasteiger partial charge in [-0.3, -0.25) is 47.9 Å². The van der Waals surface area contributed by atoms with Crippen LogP contribution in [0.15, 0.2) is 0 Å². The maximum atomic E-state index is 11.4. The van der Waals surface area contributed by atoms with Crippen LogP contribution in [0.3, 0.4) is 0 Å². The molecule has 0 aromatic carbocycles. The van der Waals surface area contributed by atoms with E-state index in [0.29, 0.717) is 0 Å². The molecule has 0 aromatic heterocycles. The van der Waals surface area contributed by atoms with Gasteiger partial charge in [0.25, 0.3) is 23.6 Å². The Labute approximate surface area is 256 Å². The summed E-state index contributed by atoms with van der Waals surface area (Å²) in [6.07, 6.45) is -1.20. The highest BCUT2D eigenvalue weighted by Crippen LogP contribution is 1.97. The van der Waals surface area contributed by atoms with Gasteiger partial charge >= 0.3 is 11.9 Å². The summed E-state index contributed by atoms with van der Waals surface area (Å²) in [6, 6.07) is 0. The van der Waals surface area contributed by atoms with Crippen LogP contribution in [0.25, 0.3) is 0 Å². The van der Waals surface area contributed by atoms with Crippen molar-refractivity contribution in [3.8, 4) is 0 Å². The smallest absolute Gasteiger partial charge is 0.305 e. The number of hydrogen-bond donors (Lipinski definition) is 4. The number of ketones is 4. The van der Waals surface area contributed by atoms with Crippen LogP contribution in [0.4, 0.5) is 0 Å². The Bertz CT molecular complexity index is 911. The van der Waals surface area contributed by atoms with Crippen molar-refractivity contribution < 1.29 is 57.4 Å². The molecule has 248 valence electrons. The minimum atomic E-state index is -0.852. The van der Waals surface area contributed by atoms with Crippen LogP contribution in [0.2, 0.25) is 0 Å². The molecule has 0 heterocycles. The van der Waals surface area contributed by atoms with E-state index in [1.807, 2.05) is 0 Å². The summed E-state index contributed by atoms with van der Waals surface area (Å²) in [4.78, 5) is 113. The SMILES string of the molecule is CCC(=O)OC(CNC(=O)C(=O)CC)CNC(=O)C(=O)CC.CCC(=O)OC(CNC(=O)C(=O)CC)CNC(=O)C(=O)CC. The summed E-state index contributed by atoms with van der Waals surface area (Å²) in [5.41, 5.74) is 0. The van der Waals surface area contributed by atoms with Gasteiger partial charge in [0.05, 0.1) is 26.2 Å². The van der Waals surface area contributed by atoms with Gasteiger partial charge in [-0.05, 0) is 0 Å². The van der Waals surface area contributed by atoms with Crippen LogP contribution in [0, 0.1) is 0 Å². The third-order valence-corrected chi connectivity index (χ3v) is 5.43. The molecule has 0 aliphatic carbocycles. The quantitative estimate of drug-likeness (QED) is 0.0938. The molecule has 0 bridgehead atoms. The first kappa shape index (κ1) is 41.6. The number of amides is 4. The first-order chi connectivity index (χ1) is 20.7. The number of carbonyl (C=O) groups is 10. The van der Waals surface area contributed by atoms with E-state index in [0.717, 1.165) is 0 Å². The third-order valence-electron chi connectivity index (χ3n) is 5.43. The van der Waals surface area contributed by atoms with E-state index >= 15 is 0 Å². The molecular weight excluding hydrogens is 584 g/mol. The summed E-state index contributed by atoms with van der Waals surface area (Å²) < 4.78 is 10.1. The van der Waals surface area contributed by atoms with Gasteiger partial charge < -0.3 is 30.7 Å². The standard InChI is InChI=1S/2C14H22N2O6/c2*1-4-10(17)13(20)15-7-9(22-12(19)6-3)8-16-14(21)11(18)5-2/h2*9H,4-8H2,1-3H3,(H,15,20)(H,16,21). The Morgan fingerprint density at radius 3 is 0.750 bits per heavy atom. The third kappa shape index (κ3) is 18.8. The molecule has 0 saturated carbocycles. The molecule has 0 saturated heterocycles. The molecule has 44 heavy (non-hydrogen) atoms. The van der Waals surface area contributed by atoms with E-state index in [2.05, 4.69) is 21.3 Å². The first-order valence-corrected chi connectivity index (χ1v) is 14.3. The highest BCUT2D eigenvalue weighted by atomic mass is 16.5. The monoisotopic (exact) mass is 628 g/mol. The minimum Gasteiger partial charge on any atom is -0.459 e. The van der Waals surface area contributed by atoms with Crippen molar-refractivity contribution in [1.82, 2.24) is 21.3 Å². The summed E-state index contributed by atoms with van der Waals surface area (Å²) in [5.74, 6) is -6.53. The van der Waals surface area contributed by atoms with Gasteiger partial charge in [0, 0.05) is 38.5 Å². The summed E-state index contributed by atoms with van der Waals surface area (Å²) in [6.45, 7) is 8.87. The van der Waals surface area contributed by atoms with Gasteiger partial charge in [0.2, 0.25) is 23.1 Å². The van der Waals surface area contributed by atoms with Crippen LogP contribution >= 0.6 is 0 Å². The number of Topliss-reactive ketones (excluding diaryl/α,β-unsaturated/α-hetero) is 4. The van der Waals surface area contributed by atoms with Crippen molar-refractivity contribution in [2.24, 2.45) is 0 Å². The molecule has 4 amide bonds. The fraction of sp³-hybridized carbons (Fsp3) is 0.643. The van der Waals surface area contributed by atoms with Crippen molar-refractivity contribution in [3.63, 3.8) is 0 Å². The van der Waals surface area contributed by atoms with Crippen LogP contribution < -0.4 is 21.3 Å². The van der Waals surface area contributed by atoms with Crippen LogP contribution in [0.5, 0.6) is 0 Å². The second-order valence-electron chi connectivity index (χ2n) is 8.88. The van der Waals surface area contributed by atoms with Crippen LogP contribution in [-0.2, 0) is 57.4 Å². The lowest BCUT2D eigenvalue weighted by Gasteiger charge is -2.18. The lowest BCUT2D eigenvalue weighted by atomic mass is 10.2. The molecule has 0 fully saturated rings. The van der Waals surface area contributed by atoms with Gasteiger partial charge in [-0.25, -0.2) is 0 Å². The topological polar surface area (TPSA) is 237 Å². The number of carbonyl (C=O) groups excluding carboxylic acids is 10. The zero-order valence-corrected chi connectivity index (χ0v) is 26.1. The molecule has 0 spiro atoms. The Kier molecular flexibility index (Phi) is 22.7. The second-order valence-corrected chi connectivity index (χ2v) is 8.88. The highest BCUT2D eigenvalue weighted by molar-refractivity contribution is 6.37. The molecule has 0 aromatic rings. The van der Waals surface area contributed by atoms with E-state index in [9.17, 15) is 47.9 Å². The van der Waals surface area contributed by atoms with E-state index in [-0.39, 0.29) is 64.7 Å². The van der Waals surface area contributed by atoms with Gasteiger partial charge in [-0.15, -0.1) is 0 Å². The maximum Gasteiger partial charge on any atom is 0.305 e. The van der Waals surface area contributed by atoms with Crippen molar-refractivity contribution in [3.05, 3.63) is 0 Å². The Balaban J connectivity index is 0. The predicted octanol–water partition coefficient (Wildman–Crippen LogP) is -1.00. The number of rotatable bonds is 20. The van der Waals surface area contributed by atoms with Gasteiger partial charge in [0.1, 0.15) is 12.2 Å². The maximum absolute atomic E-state index is 11.4. The zero-order valence-electron chi connectivity index (χ0n) is 26.1. The molecule has 0 unspecified atom stereocenters. The largest absolute Gasteiger partial charge is 0.459 e. The molecule has 4 N–H and O–H groups in total. The Morgan fingerprint density at radius 1 is 0.386 bits per heavy atom. The molecule has 0 atom stereocenters.